The van der Waals surface area contributed by atoms with Crippen molar-refractivity contribution in [3.8, 4) is 0 Å². The summed E-state index contributed by atoms with van der Waals surface area (Å²) < 4.78 is 0.906. The van der Waals surface area contributed by atoms with Gasteiger partial charge in [-0.25, -0.2) is 0 Å². The molecule has 0 aliphatic carbocycles. The Morgan fingerprint density at radius 2 is 2.32 bits per heavy atom. The molecular weight excluding hydrogens is 306 g/mol. The van der Waals surface area contributed by atoms with Crippen LogP contribution in [-0.4, -0.2) is 43.5 Å². The summed E-state index contributed by atoms with van der Waals surface area (Å²) in [5.74, 6) is 0.0207. The predicted octanol–water partition coefficient (Wildman–Crippen LogP) is 2.07. The van der Waals surface area contributed by atoms with E-state index >= 15 is 0 Å². The minimum Gasteiger partial charge on any atom is -0.324 e. The summed E-state index contributed by atoms with van der Waals surface area (Å²) in [5.41, 5.74) is 0.819. The molecule has 1 fully saturated rings. The number of rotatable bonds is 5. The molecule has 0 bridgehead atoms. The molecular formula is C14H20BrN3O. The number of carbonyl (C=O) groups is 1. The summed E-state index contributed by atoms with van der Waals surface area (Å²) in [4.78, 5) is 14.0. The Morgan fingerprint density at radius 1 is 1.53 bits per heavy atom. The van der Waals surface area contributed by atoms with Crippen molar-refractivity contribution in [2.24, 2.45) is 0 Å². The van der Waals surface area contributed by atoms with Crippen LogP contribution in [0.25, 0.3) is 0 Å². The number of likely N-dealkylation sites (N-methyl/N-ethyl adjacent to an activating group) is 1. The van der Waals surface area contributed by atoms with E-state index in [1.165, 1.54) is 12.8 Å². The van der Waals surface area contributed by atoms with Gasteiger partial charge in [0.25, 0.3) is 0 Å². The smallest absolute Gasteiger partial charge is 0.238 e. The summed E-state index contributed by atoms with van der Waals surface area (Å²) in [5, 5.41) is 6.36. The third-order valence-corrected chi connectivity index (χ3v) is 3.95. The molecule has 1 amide bonds. The van der Waals surface area contributed by atoms with Crippen LogP contribution in [0.3, 0.4) is 0 Å². The summed E-state index contributed by atoms with van der Waals surface area (Å²) in [6, 6.07) is 8.17. The van der Waals surface area contributed by atoms with Crippen molar-refractivity contribution in [3.63, 3.8) is 0 Å². The zero-order valence-corrected chi connectivity index (χ0v) is 12.7. The van der Waals surface area contributed by atoms with Gasteiger partial charge in [0.2, 0.25) is 5.91 Å². The fraction of sp³-hybridized carbons (Fsp3) is 0.500. The number of para-hydroxylation sites is 1. The van der Waals surface area contributed by atoms with Gasteiger partial charge in [-0.05, 0) is 54.5 Å². The van der Waals surface area contributed by atoms with Crippen LogP contribution >= 0.6 is 15.9 Å². The first kappa shape index (κ1) is 14.5. The zero-order valence-electron chi connectivity index (χ0n) is 11.2. The number of nitrogens with one attached hydrogen (secondary N) is 2. The van der Waals surface area contributed by atoms with Gasteiger partial charge in [0.1, 0.15) is 0 Å². The SMILES string of the molecule is CN(CC(=O)Nc1ccccc1Br)CC1CCCN1. The first-order chi connectivity index (χ1) is 9.15. The number of amides is 1. The highest BCUT2D eigenvalue weighted by molar-refractivity contribution is 9.10. The number of nitrogens with zero attached hydrogens (tertiary/aromatic N) is 1. The second-order valence-corrected chi connectivity index (χ2v) is 5.87. The molecule has 104 valence electrons. The molecule has 1 aliphatic rings. The quantitative estimate of drug-likeness (QED) is 0.871. The summed E-state index contributed by atoms with van der Waals surface area (Å²) in [6.45, 7) is 2.44. The number of anilines is 1. The molecule has 2 N–H and O–H groups in total. The van der Waals surface area contributed by atoms with Gasteiger partial charge < -0.3 is 10.6 Å². The molecule has 0 radical (unpaired) electrons. The molecule has 1 atom stereocenters. The van der Waals surface area contributed by atoms with Gasteiger partial charge in [0.15, 0.2) is 0 Å². The van der Waals surface area contributed by atoms with Gasteiger partial charge in [-0.15, -0.1) is 0 Å². The average molecular weight is 326 g/mol. The maximum Gasteiger partial charge on any atom is 0.238 e. The first-order valence-electron chi connectivity index (χ1n) is 6.61. The lowest BCUT2D eigenvalue weighted by Crippen LogP contribution is -2.39. The van der Waals surface area contributed by atoms with E-state index in [1.54, 1.807) is 0 Å². The van der Waals surface area contributed by atoms with E-state index in [9.17, 15) is 4.79 Å². The predicted molar refractivity (Wildman–Crippen MR) is 81.3 cm³/mol. The van der Waals surface area contributed by atoms with Crippen LogP contribution in [0.15, 0.2) is 28.7 Å². The topological polar surface area (TPSA) is 44.4 Å². The molecule has 0 aromatic heterocycles. The van der Waals surface area contributed by atoms with E-state index < -0.39 is 0 Å². The lowest BCUT2D eigenvalue weighted by Gasteiger charge is -2.20. The second kappa shape index (κ2) is 7.03. The van der Waals surface area contributed by atoms with Gasteiger partial charge in [-0.3, -0.25) is 9.69 Å². The van der Waals surface area contributed by atoms with Gasteiger partial charge in [-0.2, -0.15) is 0 Å². The maximum atomic E-state index is 12.0. The number of carbonyl (C=O) groups excluding carboxylic acids is 1. The number of hydrogen-bond acceptors (Lipinski definition) is 3. The zero-order chi connectivity index (χ0) is 13.7. The Balaban J connectivity index is 1.79. The van der Waals surface area contributed by atoms with Crippen LogP contribution in [0.5, 0.6) is 0 Å². The molecule has 0 spiro atoms. The second-order valence-electron chi connectivity index (χ2n) is 5.02. The molecule has 1 aromatic carbocycles. The van der Waals surface area contributed by atoms with Crippen molar-refractivity contribution in [3.05, 3.63) is 28.7 Å². The first-order valence-corrected chi connectivity index (χ1v) is 7.41. The summed E-state index contributed by atoms with van der Waals surface area (Å²) >= 11 is 3.42. The third kappa shape index (κ3) is 4.60. The van der Waals surface area contributed by atoms with Crippen molar-refractivity contribution in [1.29, 1.82) is 0 Å². The average Bonchev–Trinajstić information content (AvgIpc) is 2.84. The lowest BCUT2D eigenvalue weighted by molar-refractivity contribution is -0.117. The number of benzene rings is 1. The van der Waals surface area contributed by atoms with Gasteiger partial charge >= 0.3 is 0 Å². The Bertz CT molecular complexity index is 432. The monoisotopic (exact) mass is 325 g/mol. The number of hydrogen-bond donors (Lipinski definition) is 2. The Morgan fingerprint density at radius 3 is 3.00 bits per heavy atom. The van der Waals surface area contributed by atoms with Crippen molar-refractivity contribution >= 4 is 27.5 Å². The largest absolute Gasteiger partial charge is 0.324 e. The highest BCUT2D eigenvalue weighted by atomic mass is 79.9. The molecule has 5 heteroatoms. The summed E-state index contributed by atoms with van der Waals surface area (Å²) in [7, 11) is 1.99. The van der Waals surface area contributed by atoms with Crippen molar-refractivity contribution in [1.82, 2.24) is 10.2 Å². The molecule has 0 saturated carbocycles. The molecule has 1 saturated heterocycles. The molecule has 19 heavy (non-hydrogen) atoms. The van der Waals surface area contributed by atoms with Crippen LogP contribution in [0.1, 0.15) is 12.8 Å². The van der Waals surface area contributed by atoms with Crippen molar-refractivity contribution < 1.29 is 4.79 Å². The van der Waals surface area contributed by atoms with E-state index in [2.05, 4.69) is 31.5 Å². The molecule has 1 heterocycles. The lowest BCUT2D eigenvalue weighted by atomic mass is 10.2. The van der Waals surface area contributed by atoms with E-state index in [0.717, 1.165) is 23.2 Å². The fourth-order valence-electron chi connectivity index (χ4n) is 2.35. The molecule has 1 aliphatic heterocycles. The van der Waals surface area contributed by atoms with Crippen LogP contribution in [0, 0.1) is 0 Å². The van der Waals surface area contributed by atoms with E-state index in [-0.39, 0.29) is 5.91 Å². The van der Waals surface area contributed by atoms with Crippen LogP contribution in [0.2, 0.25) is 0 Å². The minimum atomic E-state index is 0.0207. The van der Waals surface area contributed by atoms with E-state index in [0.29, 0.717) is 12.6 Å². The fourth-order valence-corrected chi connectivity index (χ4v) is 2.73. The Hall–Kier alpha value is -0.910. The van der Waals surface area contributed by atoms with Crippen LogP contribution < -0.4 is 10.6 Å². The number of halogens is 1. The van der Waals surface area contributed by atoms with Crippen LogP contribution in [-0.2, 0) is 4.79 Å². The molecule has 1 unspecified atom stereocenters. The van der Waals surface area contributed by atoms with Gasteiger partial charge in [-0.1, -0.05) is 12.1 Å². The normalized spacial score (nSPS) is 18.8. The third-order valence-electron chi connectivity index (χ3n) is 3.26. The standard InChI is InChI=1S/C14H20BrN3O/c1-18(9-11-5-4-8-16-11)10-14(19)17-13-7-3-2-6-12(13)15/h2-3,6-7,11,16H,4-5,8-10H2,1H3,(H,17,19). The van der Waals surface area contributed by atoms with E-state index in [4.69, 9.17) is 0 Å². The van der Waals surface area contributed by atoms with Crippen molar-refractivity contribution in [2.45, 2.75) is 18.9 Å². The highest BCUT2D eigenvalue weighted by Crippen LogP contribution is 2.20. The molecule has 1 aromatic rings. The van der Waals surface area contributed by atoms with E-state index in [1.807, 2.05) is 31.3 Å². The Labute approximate surface area is 122 Å². The molecule has 4 nitrogen and oxygen atoms in total. The van der Waals surface area contributed by atoms with Crippen molar-refractivity contribution in [2.75, 3.05) is 32.0 Å². The Kier molecular flexibility index (Phi) is 5.36. The highest BCUT2D eigenvalue weighted by Gasteiger charge is 2.17. The summed E-state index contributed by atoms with van der Waals surface area (Å²) in [6.07, 6.45) is 2.44. The van der Waals surface area contributed by atoms with Gasteiger partial charge in [0, 0.05) is 17.1 Å². The van der Waals surface area contributed by atoms with Gasteiger partial charge in [0.05, 0.1) is 12.2 Å². The maximum absolute atomic E-state index is 12.0. The van der Waals surface area contributed by atoms with Crippen LogP contribution in [0.4, 0.5) is 5.69 Å². The minimum absolute atomic E-state index is 0.0207. The molecule has 2 rings (SSSR count).